The Balaban J connectivity index is 1.96. The first-order valence-corrected chi connectivity index (χ1v) is 9.16. The Morgan fingerprint density at radius 1 is 1.00 bits per heavy atom. The van der Waals surface area contributed by atoms with Gasteiger partial charge in [0, 0.05) is 29.8 Å². The lowest BCUT2D eigenvalue weighted by molar-refractivity contribution is -0.148. The number of carbonyl (C=O) groups is 2. The van der Waals surface area contributed by atoms with Gasteiger partial charge in [-0.1, -0.05) is 48.2 Å². The van der Waals surface area contributed by atoms with Crippen LogP contribution in [0.2, 0.25) is 0 Å². The summed E-state index contributed by atoms with van der Waals surface area (Å²) >= 11 is 1.59. The molecule has 2 aromatic rings. The number of likely N-dealkylation sites (tertiary alicyclic amines) is 1. The second-order valence-corrected chi connectivity index (χ2v) is 7.42. The van der Waals surface area contributed by atoms with Crippen LogP contribution < -0.4 is 0 Å². The number of carboxylic acid groups (broad SMARTS) is 1. The number of rotatable bonds is 4. The number of nitrogens with zero attached hydrogens (tertiary/aromatic N) is 1. The van der Waals surface area contributed by atoms with E-state index in [-0.39, 0.29) is 5.91 Å². The Bertz CT molecular complexity index is 768. The first-order valence-electron chi connectivity index (χ1n) is 8.34. The van der Waals surface area contributed by atoms with Crippen molar-refractivity contribution >= 4 is 23.6 Å². The molecule has 0 aliphatic carbocycles. The van der Waals surface area contributed by atoms with Crippen molar-refractivity contribution in [1.82, 2.24) is 4.90 Å². The summed E-state index contributed by atoms with van der Waals surface area (Å²) in [6, 6.07) is 17.7. The molecule has 0 saturated carbocycles. The van der Waals surface area contributed by atoms with E-state index < -0.39 is 11.4 Å². The van der Waals surface area contributed by atoms with Gasteiger partial charge in [0.05, 0.1) is 5.41 Å². The Morgan fingerprint density at radius 3 is 2.20 bits per heavy atom. The first kappa shape index (κ1) is 17.5. The molecule has 5 heteroatoms. The van der Waals surface area contributed by atoms with Crippen LogP contribution in [0.5, 0.6) is 0 Å². The molecule has 2 aromatic carbocycles. The molecule has 1 amide bonds. The van der Waals surface area contributed by atoms with Crippen LogP contribution >= 0.6 is 11.8 Å². The van der Waals surface area contributed by atoms with Crippen LogP contribution in [0.25, 0.3) is 0 Å². The lowest BCUT2D eigenvalue weighted by Gasteiger charge is -2.39. The minimum atomic E-state index is -0.940. The third-order valence-electron chi connectivity index (χ3n) is 4.85. The molecule has 4 nitrogen and oxygen atoms in total. The van der Waals surface area contributed by atoms with Gasteiger partial charge in [0.25, 0.3) is 0 Å². The van der Waals surface area contributed by atoms with E-state index in [4.69, 9.17) is 0 Å². The van der Waals surface area contributed by atoms with Crippen LogP contribution in [0.4, 0.5) is 0 Å². The van der Waals surface area contributed by atoms with Crippen molar-refractivity contribution in [3.8, 4) is 0 Å². The second-order valence-electron chi connectivity index (χ2n) is 6.30. The Kier molecular flexibility index (Phi) is 5.13. The van der Waals surface area contributed by atoms with Gasteiger partial charge in [0.2, 0.25) is 5.91 Å². The van der Waals surface area contributed by atoms with Crippen molar-refractivity contribution in [2.45, 2.75) is 35.0 Å². The van der Waals surface area contributed by atoms with E-state index in [1.807, 2.05) is 54.6 Å². The second kappa shape index (κ2) is 7.31. The summed E-state index contributed by atoms with van der Waals surface area (Å²) in [6.07, 6.45) is 0.878. The van der Waals surface area contributed by atoms with Crippen molar-refractivity contribution in [3.63, 3.8) is 0 Å². The first-order chi connectivity index (χ1) is 12.0. The summed E-state index contributed by atoms with van der Waals surface area (Å²) in [6.45, 7) is 2.49. The average Bonchev–Trinajstić information content (AvgIpc) is 2.63. The molecule has 1 fully saturated rings. The highest BCUT2D eigenvalue weighted by Crippen LogP contribution is 2.42. The molecule has 1 aliphatic rings. The number of carbonyl (C=O) groups excluding carboxylic acids is 1. The van der Waals surface area contributed by atoms with E-state index in [9.17, 15) is 14.7 Å². The quantitative estimate of drug-likeness (QED) is 0.906. The maximum Gasteiger partial charge on any atom is 0.314 e. The molecular formula is C20H21NO3S. The number of hydrogen-bond donors (Lipinski definition) is 1. The molecule has 1 saturated heterocycles. The van der Waals surface area contributed by atoms with Gasteiger partial charge < -0.3 is 10.0 Å². The lowest BCUT2D eigenvalue weighted by atomic mass is 9.72. The number of amides is 1. The number of hydrogen-bond acceptors (Lipinski definition) is 3. The standard InChI is InChI=1S/C20H21NO3S/c1-15(22)21-13-11-20(12-14-21,19(23)24)17-9-5-6-10-18(17)25-16-7-3-2-4-8-16/h2-10H,11-14H2,1H3,(H,23,24). The zero-order valence-corrected chi connectivity index (χ0v) is 15.0. The van der Waals surface area contributed by atoms with Gasteiger partial charge in [-0.25, -0.2) is 0 Å². The fourth-order valence-electron chi connectivity index (χ4n) is 3.37. The van der Waals surface area contributed by atoms with Crippen LogP contribution in [0.1, 0.15) is 25.3 Å². The average molecular weight is 355 g/mol. The van der Waals surface area contributed by atoms with Crippen LogP contribution in [-0.4, -0.2) is 35.0 Å². The summed E-state index contributed by atoms with van der Waals surface area (Å²) in [5.41, 5.74) is -0.0933. The smallest absolute Gasteiger partial charge is 0.314 e. The molecule has 0 atom stereocenters. The summed E-state index contributed by atoms with van der Waals surface area (Å²) in [4.78, 5) is 27.6. The van der Waals surface area contributed by atoms with Gasteiger partial charge in [0.15, 0.2) is 0 Å². The maximum atomic E-state index is 12.2. The predicted molar refractivity (Wildman–Crippen MR) is 97.8 cm³/mol. The van der Waals surface area contributed by atoms with E-state index in [0.717, 1.165) is 15.4 Å². The highest BCUT2D eigenvalue weighted by Gasteiger charge is 2.44. The minimum Gasteiger partial charge on any atom is -0.481 e. The monoisotopic (exact) mass is 355 g/mol. The third-order valence-corrected chi connectivity index (χ3v) is 5.93. The number of benzene rings is 2. The van der Waals surface area contributed by atoms with E-state index >= 15 is 0 Å². The van der Waals surface area contributed by atoms with Crippen molar-refractivity contribution in [3.05, 3.63) is 60.2 Å². The number of aliphatic carboxylic acids is 1. The van der Waals surface area contributed by atoms with Gasteiger partial charge in [-0.3, -0.25) is 9.59 Å². The zero-order chi connectivity index (χ0) is 17.9. The van der Waals surface area contributed by atoms with E-state index in [0.29, 0.717) is 25.9 Å². The van der Waals surface area contributed by atoms with Gasteiger partial charge in [-0.2, -0.15) is 0 Å². The molecule has 1 N–H and O–H groups in total. The molecule has 3 rings (SSSR count). The Labute approximate surface area is 151 Å². The lowest BCUT2D eigenvalue weighted by Crippen LogP contribution is -2.48. The molecule has 0 aromatic heterocycles. The SMILES string of the molecule is CC(=O)N1CCC(C(=O)O)(c2ccccc2Sc2ccccc2)CC1. The topological polar surface area (TPSA) is 57.6 Å². The summed E-state index contributed by atoms with van der Waals surface area (Å²) in [7, 11) is 0. The summed E-state index contributed by atoms with van der Waals surface area (Å²) < 4.78 is 0. The van der Waals surface area contributed by atoms with Gasteiger partial charge >= 0.3 is 5.97 Å². The maximum absolute atomic E-state index is 12.2. The van der Waals surface area contributed by atoms with Crippen LogP contribution in [-0.2, 0) is 15.0 Å². The molecule has 0 bridgehead atoms. The molecule has 25 heavy (non-hydrogen) atoms. The van der Waals surface area contributed by atoms with Gasteiger partial charge in [-0.05, 0) is 36.6 Å². The Hall–Kier alpha value is -2.27. The highest BCUT2D eigenvalue weighted by molar-refractivity contribution is 7.99. The normalized spacial score (nSPS) is 16.4. The minimum absolute atomic E-state index is 0.00549. The van der Waals surface area contributed by atoms with Crippen LogP contribution in [0.15, 0.2) is 64.4 Å². The summed E-state index contributed by atoms with van der Waals surface area (Å²) in [5, 5.41) is 10.0. The number of carboxylic acids is 1. The fourth-order valence-corrected chi connectivity index (χ4v) is 4.44. The van der Waals surface area contributed by atoms with E-state index in [1.165, 1.54) is 6.92 Å². The van der Waals surface area contributed by atoms with E-state index in [1.54, 1.807) is 16.7 Å². The third kappa shape index (κ3) is 3.56. The van der Waals surface area contributed by atoms with Gasteiger partial charge in [0.1, 0.15) is 0 Å². The molecule has 130 valence electrons. The molecular weight excluding hydrogens is 334 g/mol. The fraction of sp³-hybridized carbons (Fsp3) is 0.300. The van der Waals surface area contributed by atoms with Crippen molar-refractivity contribution in [2.75, 3.05) is 13.1 Å². The molecule has 0 radical (unpaired) electrons. The predicted octanol–water partition coefficient (Wildman–Crippen LogP) is 3.80. The van der Waals surface area contributed by atoms with E-state index in [2.05, 4.69) is 0 Å². The highest BCUT2D eigenvalue weighted by atomic mass is 32.2. The molecule has 0 unspecified atom stereocenters. The molecule has 1 heterocycles. The van der Waals surface area contributed by atoms with Gasteiger partial charge in [-0.15, -0.1) is 0 Å². The largest absolute Gasteiger partial charge is 0.481 e. The Morgan fingerprint density at radius 2 is 1.60 bits per heavy atom. The van der Waals surface area contributed by atoms with Crippen molar-refractivity contribution in [2.24, 2.45) is 0 Å². The number of piperidine rings is 1. The summed E-state index contributed by atoms with van der Waals surface area (Å²) in [5.74, 6) is -0.803. The van der Waals surface area contributed by atoms with Crippen molar-refractivity contribution in [1.29, 1.82) is 0 Å². The van der Waals surface area contributed by atoms with Crippen molar-refractivity contribution < 1.29 is 14.7 Å². The zero-order valence-electron chi connectivity index (χ0n) is 14.1. The molecule has 0 spiro atoms. The van der Waals surface area contributed by atoms with Crippen LogP contribution in [0, 0.1) is 0 Å². The molecule has 1 aliphatic heterocycles. The van der Waals surface area contributed by atoms with Crippen LogP contribution in [0.3, 0.4) is 0 Å².